The molecule has 74 valence electrons. The van der Waals surface area contributed by atoms with E-state index in [9.17, 15) is 4.79 Å². The van der Waals surface area contributed by atoms with Gasteiger partial charge in [0.15, 0.2) is 11.5 Å². The average molecular weight is 195 g/mol. The Kier molecular flexibility index (Phi) is 2.01. The van der Waals surface area contributed by atoms with E-state index in [1.165, 1.54) is 0 Å². The van der Waals surface area contributed by atoms with E-state index in [0.717, 1.165) is 0 Å². The molecule has 0 saturated heterocycles. The largest absolute Gasteiger partial charge is 0.480 e. The first-order valence-corrected chi connectivity index (χ1v) is 4.06. The Morgan fingerprint density at radius 1 is 1.43 bits per heavy atom. The van der Waals surface area contributed by atoms with E-state index >= 15 is 0 Å². The number of hydrogen-bond acceptors (Lipinski definition) is 4. The summed E-state index contributed by atoms with van der Waals surface area (Å²) < 4.78 is 10.2. The molecule has 0 bridgehead atoms. The van der Waals surface area contributed by atoms with Gasteiger partial charge in [-0.1, -0.05) is 6.07 Å². The van der Waals surface area contributed by atoms with Crippen LogP contribution in [-0.2, 0) is 4.79 Å². The number of rotatable bonds is 2. The normalized spacial score (nSPS) is 15.2. The first kappa shape index (κ1) is 8.83. The van der Waals surface area contributed by atoms with E-state index in [1.807, 2.05) is 0 Å². The molecule has 0 aromatic heterocycles. The van der Waals surface area contributed by atoms with Crippen LogP contribution in [0, 0.1) is 0 Å². The minimum Gasteiger partial charge on any atom is -0.480 e. The van der Waals surface area contributed by atoms with E-state index in [1.54, 1.807) is 18.2 Å². The molecule has 1 aromatic carbocycles. The summed E-state index contributed by atoms with van der Waals surface area (Å²) in [5, 5.41) is 8.69. The summed E-state index contributed by atoms with van der Waals surface area (Å²) in [7, 11) is 0. The zero-order valence-corrected chi connectivity index (χ0v) is 7.27. The van der Waals surface area contributed by atoms with Gasteiger partial charge in [0.05, 0.1) is 0 Å². The monoisotopic (exact) mass is 195 g/mol. The third-order valence-corrected chi connectivity index (χ3v) is 2.02. The maximum atomic E-state index is 10.6. The Hall–Kier alpha value is -1.75. The number of nitrogens with two attached hydrogens (primary N) is 1. The summed E-state index contributed by atoms with van der Waals surface area (Å²) in [5.41, 5.74) is 5.94. The van der Waals surface area contributed by atoms with Crippen LogP contribution in [0.25, 0.3) is 0 Å². The maximum Gasteiger partial charge on any atom is 0.325 e. The van der Waals surface area contributed by atoms with E-state index in [0.29, 0.717) is 17.1 Å². The van der Waals surface area contributed by atoms with Crippen LogP contribution in [0.3, 0.4) is 0 Å². The number of benzene rings is 1. The SMILES string of the molecule is NC(C(=O)O)c1ccc2c(c1)OCO2. The van der Waals surface area contributed by atoms with Crippen molar-refractivity contribution in [3.63, 3.8) is 0 Å². The fraction of sp³-hybridized carbons (Fsp3) is 0.222. The molecular formula is C9H9NO4. The van der Waals surface area contributed by atoms with Gasteiger partial charge >= 0.3 is 5.97 Å². The molecule has 14 heavy (non-hydrogen) atoms. The van der Waals surface area contributed by atoms with Crippen LogP contribution in [0.2, 0.25) is 0 Å². The highest BCUT2D eigenvalue weighted by Crippen LogP contribution is 2.33. The summed E-state index contributed by atoms with van der Waals surface area (Å²) in [6, 6.07) is 3.83. The lowest BCUT2D eigenvalue weighted by Crippen LogP contribution is -2.20. The van der Waals surface area contributed by atoms with Gasteiger partial charge in [-0.05, 0) is 17.7 Å². The zero-order valence-electron chi connectivity index (χ0n) is 7.27. The van der Waals surface area contributed by atoms with E-state index in [4.69, 9.17) is 20.3 Å². The summed E-state index contributed by atoms with van der Waals surface area (Å²) in [4.78, 5) is 10.6. The molecule has 0 spiro atoms. The molecule has 0 fully saturated rings. The van der Waals surface area contributed by atoms with Crippen molar-refractivity contribution in [2.75, 3.05) is 6.79 Å². The highest BCUT2D eigenvalue weighted by Gasteiger charge is 2.19. The second-order valence-electron chi connectivity index (χ2n) is 2.93. The predicted octanol–water partition coefficient (Wildman–Crippen LogP) is 0.500. The minimum absolute atomic E-state index is 0.168. The van der Waals surface area contributed by atoms with Crippen LogP contribution in [0.5, 0.6) is 11.5 Å². The smallest absolute Gasteiger partial charge is 0.325 e. The van der Waals surface area contributed by atoms with Crippen molar-refractivity contribution in [2.24, 2.45) is 5.73 Å². The number of aliphatic carboxylic acids is 1. The van der Waals surface area contributed by atoms with E-state index < -0.39 is 12.0 Å². The third kappa shape index (κ3) is 1.38. The maximum absolute atomic E-state index is 10.6. The molecule has 3 N–H and O–H groups in total. The lowest BCUT2D eigenvalue weighted by molar-refractivity contribution is -0.138. The quantitative estimate of drug-likeness (QED) is 0.718. The standard InChI is InChI=1S/C9H9NO4/c10-8(9(11)12)5-1-2-6-7(3-5)14-4-13-6/h1-3,8H,4,10H2,(H,11,12). The molecule has 1 aromatic rings. The van der Waals surface area contributed by atoms with Crippen molar-refractivity contribution in [3.8, 4) is 11.5 Å². The van der Waals surface area contributed by atoms with Gasteiger partial charge < -0.3 is 20.3 Å². The Morgan fingerprint density at radius 2 is 2.14 bits per heavy atom. The van der Waals surface area contributed by atoms with Crippen LogP contribution in [0.4, 0.5) is 0 Å². The van der Waals surface area contributed by atoms with Crippen molar-refractivity contribution in [2.45, 2.75) is 6.04 Å². The van der Waals surface area contributed by atoms with Gasteiger partial charge in [0, 0.05) is 0 Å². The zero-order chi connectivity index (χ0) is 10.1. The van der Waals surface area contributed by atoms with E-state index in [2.05, 4.69) is 0 Å². The molecular weight excluding hydrogens is 186 g/mol. The Balaban J connectivity index is 2.33. The van der Waals surface area contributed by atoms with Crippen LogP contribution in [0.15, 0.2) is 18.2 Å². The third-order valence-electron chi connectivity index (χ3n) is 2.02. The number of ether oxygens (including phenoxy) is 2. The molecule has 1 atom stereocenters. The van der Waals surface area contributed by atoms with Gasteiger partial charge in [-0.3, -0.25) is 4.79 Å². The van der Waals surface area contributed by atoms with Crippen molar-refractivity contribution in [1.29, 1.82) is 0 Å². The summed E-state index contributed by atoms with van der Waals surface area (Å²) >= 11 is 0. The molecule has 5 heteroatoms. The van der Waals surface area contributed by atoms with Gasteiger partial charge in [0.2, 0.25) is 6.79 Å². The second kappa shape index (κ2) is 3.19. The lowest BCUT2D eigenvalue weighted by atomic mass is 10.1. The van der Waals surface area contributed by atoms with Crippen molar-refractivity contribution in [1.82, 2.24) is 0 Å². The van der Waals surface area contributed by atoms with Crippen LogP contribution in [0.1, 0.15) is 11.6 Å². The van der Waals surface area contributed by atoms with Crippen LogP contribution in [-0.4, -0.2) is 17.9 Å². The highest BCUT2D eigenvalue weighted by atomic mass is 16.7. The van der Waals surface area contributed by atoms with Crippen LogP contribution < -0.4 is 15.2 Å². The summed E-state index contributed by atoms with van der Waals surface area (Å²) in [5.74, 6) is 0.0920. The number of carboxylic acid groups (broad SMARTS) is 1. The minimum atomic E-state index is -1.07. The van der Waals surface area contributed by atoms with E-state index in [-0.39, 0.29) is 6.79 Å². The molecule has 1 unspecified atom stereocenters. The van der Waals surface area contributed by atoms with Gasteiger partial charge in [-0.25, -0.2) is 0 Å². The number of carboxylic acids is 1. The molecule has 5 nitrogen and oxygen atoms in total. The second-order valence-corrected chi connectivity index (χ2v) is 2.93. The van der Waals surface area contributed by atoms with Crippen molar-refractivity contribution >= 4 is 5.97 Å². The van der Waals surface area contributed by atoms with Gasteiger partial charge in [-0.2, -0.15) is 0 Å². The fourth-order valence-electron chi connectivity index (χ4n) is 1.25. The molecule has 0 saturated carbocycles. The number of fused-ring (bicyclic) bond motifs is 1. The van der Waals surface area contributed by atoms with Gasteiger partial charge in [0.1, 0.15) is 6.04 Å². The highest BCUT2D eigenvalue weighted by molar-refractivity contribution is 5.75. The fourth-order valence-corrected chi connectivity index (χ4v) is 1.25. The molecule has 0 aliphatic carbocycles. The molecule has 1 aliphatic heterocycles. The predicted molar refractivity (Wildman–Crippen MR) is 47.1 cm³/mol. The molecule has 2 rings (SSSR count). The van der Waals surface area contributed by atoms with Gasteiger partial charge in [-0.15, -0.1) is 0 Å². The van der Waals surface area contributed by atoms with Crippen molar-refractivity contribution < 1.29 is 19.4 Å². The summed E-state index contributed by atoms with van der Waals surface area (Å²) in [6.45, 7) is 0.168. The van der Waals surface area contributed by atoms with Gasteiger partial charge in [0.25, 0.3) is 0 Å². The van der Waals surface area contributed by atoms with Crippen LogP contribution >= 0.6 is 0 Å². The lowest BCUT2D eigenvalue weighted by Gasteiger charge is -2.06. The number of carbonyl (C=O) groups is 1. The Bertz CT molecular complexity index is 377. The first-order valence-electron chi connectivity index (χ1n) is 4.06. The first-order chi connectivity index (χ1) is 6.68. The Labute approximate surface area is 80.0 Å². The average Bonchev–Trinajstić information content (AvgIpc) is 2.62. The molecule has 1 aliphatic rings. The molecule has 0 radical (unpaired) electrons. The topological polar surface area (TPSA) is 81.8 Å². The molecule has 1 heterocycles. The Morgan fingerprint density at radius 3 is 2.86 bits per heavy atom. The van der Waals surface area contributed by atoms with Crippen molar-refractivity contribution in [3.05, 3.63) is 23.8 Å². The summed E-state index contributed by atoms with van der Waals surface area (Å²) in [6.07, 6.45) is 0. The molecule has 0 amide bonds. The number of hydrogen-bond donors (Lipinski definition) is 2.